The molecule has 1 saturated heterocycles. The molecule has 0 bridgehead atoms. The minimum absolute atomic E-state index is 0.0331. The Bertz CT molecular complexity index is 820. The molecule has 0 saturated carbocycles. The second-order valence-corrected chi connectivity index (χ2v) is 6.48. The zero-order valence-electron chi connectivity index (χ0n) is 16.1. The van der Waals surface area contributed by atoms with E-state index in [1.165, 1.54) is 24.3 Å². The van der Waals surface area contributed by atoms with Crippen LogP contribution in [0.4, 0.5) is 10.1 Å². The number of morpholine rings is 1. The highest BCUT2D eigenvalue weighted by Crippen LogP contribution is 2.21. The van der Waals surface area contributed by atoms with Crippen molar-refractivity contribution in [3.63, 3.8) is 0 Å². The number of nitrogens with one attached hydrogen (secondary N) is 2. The number of aliphatic imine (C=N–C) groups is 1. The Morgan fingerprint density at radius 2 is 2.18 bits per heavy atom. The highest BCUT2D eigenvalue weighted by Gasteiger charge is 2.25. The van der Waals surface area contributed by atoms with Gasteiger partial charge in [-0.2, -0.15) is 5.10 Å². The predicted octanol–water partition coefficient (Wildman–Crippen LogP) is 1.54. The molecular weight excluding hydrogens is 363 g/mol. The van der Waals surface area contributed by atoms with Crippen molar-refractivity contribution in [1.29, 1.82) is 0 Å². The first-order valence-corrected chi connectivity index (χ1v) is 9.24. The quantitative estimate of drug-likeness (QED) is 0.600. The maximum absolute atomic E-state index is 13.0. The maximum Gasteiger partial charge on any atom is 0.246 e. The molecule has 150 valence electrons. The Kier molecular flexibility index (Phi) is 6.59. The topological polar surface area (TPSA) is 83.8 Å². The van der Waals surface area contributed by atoms with Crippen LogP contribution in [-0.4, -0.2) is 59.3 Å². The smallest absolute Gasteiger partial charge is 0.246 e. The first-order chi connectivity index (χ1) is 13.5. The standard InChI is InChI=1S/C19H25FN6O2/c1-3-21-19(22-11-18(27)24-16-6-4-15(20)5-7-16)26-8-9-28-17(13-26)14-10-23-25(2)12-14/h4-7,10,12,17H,3,8-9,11,13H2,1-2H3,(H,21,22)(H,24,27). The van der Waals surface area contributed by atoms with E-state index in [1.807, 2.05) is 20.2 Å². The van der Waals surface area contributed by atoms with Gasteiger partial charge in [-0.1, -0.05) is 0 Å². The average molecular weight is 388 g/mol. The molecule has 2 heterocycles. The number of nitrogens with zero attached hydrogens (tertiary/aromatic N) is 4. The fourth-order valence-electron chi connectivity index (χ4n) is 2.96. The second kappa shape index (κ2) is 9.32. The summed E-state index contributed by atoms with van der Waals surface area (Å²) in [7, 11) is 1.87. The normalized spacial score (nSPS) is 17.5. The van der Waals surface area contributed by atoms with Crippen LogP contribution in [0, 0.1) is 5.82 Å². The monoisotopic (exact) mass is 388 g/mol. The first kappa shape index (κ1) is 19.8. The molecule has 1 aliphatic heterocycles. The van der Waals surface area contributed by atoms with E-state index in [-0.39, 0.29) is 24.4 Å². The SMILES string of the molecule is CCNC(=NCC(=O)Nc1ccc(F)cc1)N1CCOC(c2cnn(C)c2)C1. The molecule has 0 aliphatic carbocycles. The summed E-state index contributed by atoms with van der Waals surface area (Å²) in [5.41, 5.74) is 1.55. The van der Waals surface area contributed by atoms with Crippen molar-refractivity contribution in [3.05, 3.63) is 48.0 Å². The van der Waals surface area contributed by atoms with Crippen LogP contribution in [0.2, 0.25) is 0 Å². The third kappa shape index (κ3) is 5.29. The molecule has 1 aliphatic rings. The fourth-order valence-corrected chi connectivity index (χ4v) is 2.96. The van der Waals surface area contributed by atoms with Crippen molar-refractivity contribution in [2.45, 2.75) is 13.0 Å². The average Bonchev–Trinajstić information content (AvgIpc) is 3.13. The van der Waals surface area contributed by atoms with Gasteiger partial charge in [0.25, 0.3) is 0 Å². The molecule has 1 unspecified atom stereocenters. The predicted molar refractivity (Wildman–Crippen MR) is 104 cm³/mol. The summed E-state index contributed by atoms with van der Waals surface area (Å²) in [4.78, 5) is 18.7. The van der Waals surface area contributed by atoms with Crippen LogP contribution in [0.25, 0.3) is 0 Å². The summed E-state index contributed by atoms with van der Waals surface area (Å²) < 4.78 is 20.6. The molecule has 0 spiro atoms. The molecule has 1 amide bonds. The van der Waals surface area contributed by atoms with Gasteiger partial charge in [0.15, 0.2) is 5.96 Å². The number of anilines is 1. The van der Waals surface area contributed by atoms with E-state index in [0.29, 0.717) is 37.9 Å². The van der Waals surface area contributed by atoms with Crippen molar-refractivity contribution < 1.29 is 13.9 Å². The number of guanidine groups is 1. The van der Waals surface area contributed by atoms with Gasteiger partial charge in [-0.15, -0.1) is 0 Å². The lowest BCUT2D eigenvalue weighted by Gasteiger charge is -2.34. The molecule has 28 heavy (non-hydrogen) atoms. The lowest BCUT2D eigenvalue weighted by molar-refractivity contribution is -0.114. The molecule has 1 fully saturated rings. The van der Waals surface area contributed by atoms with Crippen molar-refractivity contribution in [2.75, 3.05) is 38.1 Å². The fraction of sp³-hybridized carbons (Fsp3) is 0.421. The second-order valence-electron chi connectivity index (χ2n) is 6.48. The van der Waals surface area contributed by atoms with Crippen LogP contribution in [0.1, 0.15) is 18.6 Å². The summed E-state index contributed by atoms with van der Waals surface area (Å²) in [6.45, 7) is 4.50. The molecule has 1 atom stereocenters. The molecule has 3 rings (SSSR count). The number of aryl methyl sites for hydroxylation is 1. The number of halogens is 1. The molecule has 2 aromatic rings. The molecule has 0 radical (unpaired) electrons. The number of amides is 1. The summed E-state index contributed by atoms with van der Waals surface area (Å²) >= 11 is 0. The first-order valence-electron chi connectivity index (χ1n) is 9.24. The van der Waals surface area contributed by atoms with Crippen molar-refractivity contribution in [2.24, 2.45) is 12.0 Å². The molecular formula is C19H25FN6O2. The third-order valence-electron chi connectivity index (χ3n) is 4.30. The molecule has 8 nitrogen and oxygen atoms in total. The van der Waals surface area contributed by atoms with Gasteiger partial charge < -0.3 is 20.3 Å². The third-order valence-corrected chi connectivity index (χ3v) is 4.30. The lowest BCUT2D eigenvalue weighted by Crippen LogP contribution is -2.48. The lowest BCUT2D eigenvalue weighted by atomic mass is 10.1. The minimum atomic E-state index is -0.346. The van der Waals surface area contributed by atoms with Crippen LogP contribution >= 0.6 is 0 Å². The van der Waals surface area contributed by atoms with Crippen LogP contribution < -0.4 is 10.6 Å². The number of hydrogen-bond donors (Lipinski definition) is 2. The van der Waals surface area contributed by atoms with Gasteiger partial charge in [0, 0.05) is 37.6 Å². The van der Waals surface area contributed by atoms with E-state index in [1.54, 1.807) is 10.9 Å². The van der Waals surface area contributed by atoms with E-state index in [4.69, 9.17) is 4.74 Å². The van der Waals surface area contributed by atoms with Crippen molar-refractivity contribution in [3.8, 4) is 0 Å². The number of aromatic nitrogens is 2. The van der Waals surface area contributed by atoms with Crippen LogP contribution in [-0.2, 0) is 16.6 Å². The Morgan fingerprint density at radius 1 is 1.39 bits per heavy atom. The molecule has 1 aromatic carbocycles. The van der Waals surface area contributed by atoms with Gasteiger partial charge in [-0.25, -0.2) is 9.38 Å². The van der Waals surface area contributed by atoms with E-state index in [9.17, 15) is 9.18 Å². The number of benzene rings is 1. The van der Waals surface area contributed by atoms with E-state index < -0.39 is 0 Å². The number of hydrogen-bond acceptors (Lipinski definition) is 4. The Hall–Kier alpha value is -2.94. The van der Waals surface area contributed by atoms with E-state index in [2.05, 4.69) is 25.6 Å². The Labute approximate surface area is 163 Å². The summed E-state index contributed by atoms with van der Waals surface area (Å²) in [6, 6.07) is 5.63. The largest absolute Gasteiger partial charge is 0.370 e. The highest BCUT2D eigenvalue weighted by atomic mass is 19.1. The van der Waals surface area contributed by atoms with Crippen LogP contribution in [0.3, 0.4) is 0 Å². The number of rotatable bonds is 5. The van der Waals surface area contributed by atoms with E-state index >= 15 is 0 Å². The summed E-state index contributed by atoms with van der Waals surface area (Å²) in [6.07, 6.45) is 3.64. The van der Waals surface area contributed by atoms with Gasteiger partial charge in [-0.3, -0.25) is 9.48 Å². The van der Waals surface area contributed by atoms with Crippen LogP contribution in [0.15, 0.2) is 41.7 Å². The zero-order chi connectivity index (χ0) is 19.9. The zero-order valence-corrected chi connectivity index (χ0v) is 16.1. The van der Waals surface area contributed by atoms with Gasteiger partial charge in [-0.05, 0) is 31.2 Å². The Balaban J connectivity index is 1.62. The number of carbonyl (C=O) groups excluding carboxylic acids is 1. The highest BCUT2D eigenvalue weighted by molar-refractivity contribution is 5.94. The van der Waals surface area contributed by atoms with Crippen molar-refractivity contribution in [1.82, 2.24) is 20.0 Å². The molecule has 9 heteroatoms. The van der Waals surface area contributed by atoms with Gasteiger partial charge in [0.2, 0.25) is 5.91 Å². The Morgan fingerprint density at radius 3 is 2.86 bits per heavy atom. The molecule has 1 aromatic heterocycles. The number of carbonyl (C=O) groups is 1. The van der Waals surface area contributed by atoms with Gasteiger partial charge in [0.1, 0.15) is 18.5 Å². The van der Waals surface area contributed by atoms with Gasteiger partial charge >= 0.3 is 0 Å². The van der Waals surface area contributed by atoms with Crippen LogP contribution in [0.5, 0.6) is 0 Å². The summed E-state index contributed by atoms with van der Waals surface area (Å²) in [5.74, 6) is 0.0500. The minimum Gasteiger partial charge on any atom is -0.370 e. The number of ether oxygens (including phenoxy) is 1. The molecule has 2 N–H and O–H groups in total. The van der Waals surface area contributed by atoms with Crippen molar-refractivity contribution >= 4 is 17.6 Å². The van der Waals surface area contributed by atoms with E-state index in [0.717, 1.165) is 5.56 Å². The van der Waals surface area contributed by atoms with Gasteiger partial charge in [0.05, 0.1) is 19.3 Å². The summed E-state index contributed by atoms with van der Waals surface area (Å²) in [5, 5.41) is 10.1. The maximum atomic E-state index is 13.0.